The molecule has 10 heteroatoms. The number of piperidine rings is 1. The lowest BCUT2D eigenvalue weighted by atomic mass is 9.93. The van der Waals surface area contributed by atoms with Crippen LogP contribution in [0.3, 0.4) is 0 Å². The highest BCUT2D eigenvalue weighted by Gasteiger charge is 2.26. The molecule has 1 fully saturated rings. The standard InChI is InChI=1S/C32H39N7O3/c1-4-5-6-25(20-40)35-31-30-28(36-32(37-31)39-19-23-7-9-26(41-3)16-29(23)42-39)15-24(18-34-30)22-8-10-27(33-17-22)21-11-13-38(2)14-12-21/h7-10,15-18,21,25,40H,4-6,11-14,19-20H2,1-3H3,(H,35,36,37). The van der Waals surface area contributed by atoms with Crippen LogP contribution in [0.2, 0.25) is 0 Å². The maximum atomic E-state index is 10.1. The first-order valence-corrected chi connectivity index (χ1v) is 14.9. The zero-order valence-corrected chi connectivity index (χ0v) is 24.6. The Hall–Kier alpha value is -4.02. The van der Waals surface area contributed by atoms with E-state index in [1.165, 1.54) is 0 Å². The van der Waals surface area contributed by atoms with Crippen LogP contribution in [0, 0.1) is 0 Å². The third-order valence-corrected chi connectivity index (χ3v) is 8.27. The molecule has 1 saturated heterocycles. The first-order valence-electron chi connectivity index (χ1n) is 14.9. The number of nitrogens with one attached hydrogen (secondary N) is 1. The minimum atomic E-state index is -0.144. The van der Waals surface area contributed by atoms with Crippen molar-refractivity contribution in [2.24, 2.45) is 0 Å². The van der Waals surface area contributed by atoms with Crippen LogP contribution >= 0.6 is 0 Å². The van der Waals surface area contributed by atoms with Crippen LogP contribution in [0.4, 0.5) is 11.8 Å². The number of benzene rings is 1. The topological polar surface area (TPSA) is 109 Å². The molecule has 1 aromatic carbocycles. The van der Waals surface area contributed by atoms with Gasteiger partial charge in [-0.3, -0.25) is 9.97 Å². The number of hydrogen-bond acceptors (Lipinski definition) is 10. The van der Waals surface area contributed by atoms with Gasteiger partial charge in [-0.25, -0.2) is 4.98 Å². The maximum Gasteiger partial charge on any atom is 0.262 e. The molecule has 42 heavy (non-hydrogen) atoms. The number of unbranched alkanes of at least 4 members (excludes halogenated alkanes) is 1. The zero-order valence-electron chi connectivity index (χ0n) is 24.6. The number of hydrogen-bond donors (Lipinski definition) is 2. The van der Waals surface area contributed by atoms with Gasteiger partial charge in [0.15, 0.2) is 11.6 Å². The fraction of sp³-hybridized carbons (Fsp3) is 0.438. The van der Waals surface area contributed by atoms with E-state index in [1.54, 1.807) is 12.2 Å². The molecule has 2 aliphatic heterocycles. The lowest BCUT2D eigenvalue weighted by Crippen LogP contribution is -2.29. The van der Waals surface area contributed by atoms with Crippen molar-refractivity contribution in [2.45, 2.75) is 57.5 Å². The minimum Gasteiger partial charge on any atom is -0.497 e. The van der Waals surface area contributed by atoms with Crippen LogP contribution < -0.4 is 20.0 Å². The van der Waals surface area contributed by atoms with Gasteiger partial charge < -0.3 is 24.9 Å². The van der Waals surface area contributed by atoms with E-state index in [1.807, 2.05) is 36.7 Å². The molecule has 2 N–H and O–H groups in total. The summed E-state index contributed by atoms with van der Waals surface area (Å²) in [6, 6.07) is 11.9. The van der Waals surface area contributed by atoms with Gasteiger partial charge >= 0.3 is 0 Å². The summed E-state index contributed by atoms with van der Waals surface area (Å²) in [6.45, 7) is 4.85. The number of methoxy groups -OCH3 is 1. The predicted molar refractivity (Wildman–Crippen MR) is 164 cm³/mol. The van der Waals surface area contributed by atoms with Crippen LogP contribution in [0.15, 0.2) is 48.8 Å². The third kappa shape index (κ3) is 5.96. The number of nitrogens with zero attached hydrogens (tertiary/aromatic N) is 6. The summed E-state index contributed by atoms with van der Waals surface area (Å²) < 4.78 is 5.37. The van der Waals surface area contributed by atoms with Crippen molar-refractivity contribution >= 4 is 22.8 Å². The summed E-state index contributed by atoms with van der Waals surface area (Å²) in [5.41, 5.74) is 5.42. The van der Waals surface area contributed by atoms with Gasteiger partial charge in [0, 0.05) is 46.8 Å². The van der Waals surface area contributed by atoms with E-state index in [4.69, 9.17) is 29.5 Å². The van der Waals surface area contributed by atoms with E-state index in [9.17, 15) is 5.11 Å². The molecule has 0 radical (unpaired) electrons. The zero-order chi connectivity index (χ0) is 29.1. The molecule has 0 spiro atoms. The van der Waals surface area contributed by atoms with Gasteiger partial charge in [-0.2, -0.15) is 10.0 Å². The Morgan fingerprint density at radius 2 is 1.90 bits per heavy atom. The summed E-state index contributed by atoms with van der Waals surface area (Å²) >= 11 is 0. The molecule has 10 nitrogen and oxygen atoms in total. The number of hydroxylamine groups is 1. The normalized spacial score (nSPS) is 16.3. The molecule has 0 saturated carbocycles. The van der Waals surface area contributed by atoms with E-state index in [-0.39, 0.29) is 12.6 Å². The fourth-order valence-electron chi connectivity index (χ4n) is 5.65. The number of likely N-dealkylation sites (tertiary alicyclic amines) is 1. The number of fused-ring (bicyclic) bond motifs is 2. The predicted octanol–water partition coefficient (Wildman–Crippen LogP) is 5.18. The van der Waals surface area contributed by atoms with E-state index in [0.717, 1.165) is 73.3 Å². The molecular weight excluding hydrogens is 530 g/mol. The van der Waals surface area contributed by atoms with Gasteiger partial charge in [-0.15, -0.1) is 0 Å². The van der Waals surface area contributed by atoms with Crippen molar-refractivity contribution < 1.29 is 14.7 Å². The molecule has 5 heterocycles. The largest absolute Gasteiger partial charge is 0.497 e. The average molecular weight is 570 g/mol. The summed E-state index contributed by atoms with van der Waals surface area (Å²) in [7, 11) is 3.81. The maximum absolute atomic E-state index is 10.1. The van der Waals surface area contributed by atoms with E-state index < -0.39 is 0 Å². The lowest BCUT2D eigenvalue weighted by molar-refractivity contribution is 0.253. The van der Waals surface area contributed by atoms with E-state index in [2.05, 4.69) is 36.3 Å². The molecule has 0 amide bonds. The molecule has 1 unspecified atom stereocenters. The minimum absolute atomic E-state index is 0.000335. The summed E-state index contributed by atoms with van der Waals surface area (Å²) in [6.07, 6.45) is 8.93. The van der Waals surface area contributed by atoms with Crippen molar-refractivity contribution in [1.82, 2.24) is 24.8 Å². The van der Waals surface area contributed by atoms with Gasteiger partial charge in [0.2, 0.25) is 0 Å². The average Bonchev–Trinajstić information content (AvgIpc) is 3.46. The van der Waals surface area contributed by atoms with Crippen molar-refractivity contribution in [3.63, 3.8) is 0 Å². The number of pyridine rings is 2. The molecule has 3 aromatic heterocycles. The van der Waals surface area contributed by atoms with E-state index >= 15 is 0 Å². The van der Waals surface area contributed by atoms with Crippen molar-refractivity contribution in [3.8, 4) is 22.6 Å². The number of aliphatic hydroxyl groups excluding tert-OH is 1. The van der Waals surface area contributed by atoms with Crippen molar-refractivity contribution in [1.29, 1.82) is 0 Å². The quantitative estimate of drug-likeness (QED) is 0.265. The van der Waals surface area contributed by atoms with Gasteiger partial charge in [0.1, 0.15) is 11.3 Å². The lowest BCUT2D eigenvalue weighted by Gasteiger charge is -2.28. The Morgan fingerprint density at radius 1 is 1.07 bits per heavy atom. The number of rotatable bonds is 10. The fourth-order valence-corrected chi connectivity index (χ4v) is 5.65. The SMILES string of the molecule is CCCCC(CO)Nc1nc(N2Cc3ccc(OC)cc3O2)nc2cc(-c3ccc(C4CCN(C)CC4)nc3)cnc12. The van der Waals surface area contributed by atoms with Crippen molar-refractivity contribution in [2.75, 3.05) is 44.2 Å². The number of ether oxygens (including phenoxy) is 1. The molecule has 0 bridgehead atoms. The Balaban J connectivity index is 1.33. The second-order valence-electron chi connectivity index (χ2n) is 11.3. The van der Waals surface area contributed by atoms with Gasteiger partial charge in [-0.05, 0) is 63.7 Å². The summed E-state index contributed by atoms with van der Waals surface area (Å²) in [5, 5.41) is 15.2. The first kappa shape index (κ1) is 28.1. The number of anilines is 2. The highest BCUT2D eigenvalue weighted by atomic mass is 16.7. The monoisotopic (exact) mass is 569 g/mol. The number of aliphatic hydroxyl groups is 1. The molecule has 0 aliphatic carbocycles. The second-order valence-corrected chi connectivity index (χ2v) is 11.3. The molecule has 1 atom stereocenters. The van der Waals surface area contributed by atoms with E-state index in [0.29, 0.717) is 41.0 Å². The van der Waals surface area contributed by atoms with Crippen LogP contribution in [0.5, 0.6) is 11.5 Å². The Morgan fingerprint density at radius 3 is 2.64 bits per heavy atom. The Kier molecular flexibility index (Phi) is 8.34. The van der Waals surface area contributed by atoms with Gasteiger partial charge in [-0.1, -0.05) is 25.8 Å². The van der Waals surface area contributed by atoms with Crippen molar-refractivity contribution in [3.05, 3.63) is 60.0 Å². The number of aromatic nitrogens is 4. The molecular formula is C32H39N7O3. The first-order chi connectivity index (χ1) is 20.5. The van der Waals surface area contributed by atoms with Crippen LogP contribution in [-0.4, -0.2) is 69.8 Å². The highest BCUT2D eigenvalue weighted by molar-refractivity contribution is 5.89. The second kappa shape index (κ2) is 12.5. The molecule has 220 valence electrons. The third-order valence-electron chi connectivity index (χ3n) is 8.27. The Labute approximate surface area is 246 Å². The summed E-state index contributed by atoms with van der Waals surface area (Å²) in [4.78, 5) is 27.9. The van der Waals surface area contributed by atoms with Crippen LogP contribution in [0.1, 0.15) is 56.2 Å². The molecule has 4 aromatic rings. The highest BCUT2D eigenvalue weighted by Crippen LogP contribution is 2.35. The van der Waals surface area contributed by atoms with Crippen LogP contribution in [-0.2, 0) is 6.54 Å². The molecule has 6 rings (SSSR count). The van der Waals surface area contributed by atoms with Gasteiger partial charge in [0.05, 0.1) is 31.8 Å². The van der Waals surface area contributed by atoms with Gasteiger partial charge in [0.25, 0.3) is 5.95 Å². The Bertz CT molecular complexity index is 1520. The molecule has 2 aliphatic rings. The van der Waals surface area contributed by atoms with Crippen LogP contribution in [0.25, 0.3) is 22.2 Å². The summed E-state index contributed by atoms with van der Waals surface area (Å²) in [5.74, 6) is 2.94. The smallest absolute Gasteiger partial charge is 0.262 e.